The minimum atomic E-state index is -3.66. The fourth-order valence-electron chi connectivity index (χ4n) is 2.33. The van der Waals surface area contributed by atoms with Crippen molar-refractivity contribution in [2.75, 3.05) is 25.0 Å². The fraction of sp³-hybridized carbons (Fsp3) is 0.316. The number of nitrogens with one attached hydrogen (secondary N) is 2. The maximum atomic E-state index is 12.1. The largest absolute Gasteiger partial charge is 0.484 e. The van der Waals surface area contributed by atoms with Crippen molar-refractivity contribution >= 4 is 34.0 Å². The summed E-state index contributed by atoms with van der Waals surface area (Å²) in [5, 5.41) is 2.64. The van der Waals surface area contributed by atoms with Crippen LogP contribution in [0.15, 0.2) is 53.4 Å². The Kier molecular flexibility index (Phi) is 9.40. The second-order valence-corrected chi connectivity index (χ2v) is 8.05. The van der Waals surface area contributed by atoms with Gasteiger partial charge in [-0.3, -0.25) is 4.79 Å². The number of hydrogen-bond acceptors (Lipinski definition) is 5. The van der Waals surface area contributed by atoms with E-state index < -0.39 is 10.0 Å². The number of sulfonamides is 1. The average Bonchev–Trinajstić information content (AvgIpc) is 2.65. The summed E-state index contributed by atoms with van der Waals surface area (Å²) < 4.78 is 32.1. The van der Waals surface area contributed by atoms with Crippen molar-refractivity contribution < 1.29 is 17.9 Å². The van der Waals surface area contributed by atoms with Crippen LogP contribution in [0.5, 0.6) is 5.75 Å². The molecule has 0 atom stereocenters. The van der Waals surface area contributed by atoms with E-state index in [1.54, 1.807) is 18.2 Å². The van der Waals surface area contributed by atoms with Crippen molar-refractivity contribution in [3.63, 3.8) is 0 Å². The van der Waals surface area contributed by atoms with E-state index in [2.05, 4.69) is 23.9 Å². The summed E-state index contributed by atoms with van der Waals surface area (Å²) in [6.07, 6.45) is 0. The molecule has 0 radical (unpaired) electrons. The van der Waals surface area contributed by atoms with Gasteiger partial charge >= 0.3 is 0 Å². The number of halogens is 1. The van der Waals surface area contributed by atoms with Crippen LogP contribution >= 0.6 is 12.4 Å². The third kappa shape index (κ3) is 7.12. The summed E-state index contributed by atoms with van der Waals surface area (Å²) in [6, 6.07) is 13.6. The predicted octanol–water partition coefficient (Wildman–Crippen LogP) is 2.49. The summed E-state index contributed by atoms with van der Waals surface area (Å²) >= 11 is 0. The van der Waals surface area contributed by atoms with Crippen molar-refractivity contribution in [3.8, 4) is 5.75 Å². The molecule has 28 heavy (non-hydrogen) atoms. The van der Waals surface area contributed by atoms with Gasteiger partial charge < -0.3 is 15.8 Å². The SMILES string of the molecule is CC(C)c1cccc(OCC(=O)Nc2cccc(S(=O)(=O)NCCN)c2)c1.Cl. The quantitative estimate of drug-likeness (QED) is 0.569. The number of amides is 1. The molecule has 154 valence electrons. The molecule has 2 rings (SSSR count). The topological polar surface area (TPSA) is 111 Å². The monoisotopic (exact) mass is 427 g/mol. The lowest BCUT2D eigenvalue weighted by Crippen LogP contribution is -2.29. The highest BCUT2D eigenvalue weighted by Gasteiger charge is 2.14. The first kappa shape index (κ1) is 23.9. The molecule has 0 fully saturated rings. The molecule has 0 aliphatic rings. The van der Waals surface area contributed by atoms with Crippen LogP contribution in [-0.2, 0) is 14.8 Å². The van der Waals surface area contributed by atoms with Crippen molar-refractivity contribution in [1.82, 2.24) is 4.72 Å². The predicted molar refractivity (Wildman–Crippen MR) is 113 cm³/mol. The van der Waals surface area contributed by atoms with E-state index in [4.69, 9.17) is 10.5 Å². The van der Waals surface area contributed by atoms with Gasteiger partial charge in [-0.2, -0.15) is 0 Å². The van der Waals surface area contributed by atoms with Gasteiger partial charge in [-0.25, -0.2) is 13.1 Å². The molecule has 0 bridgehead atoms. The number of benzene rings is 2. The summed E-state index contributed by atoms with van der Waals surface area (Å²) in [4.78, 5) is 12.2. The second-order valence-electron chi connectivity index (χ2n) is 6.28. The van der Waals surface area contributed by atoms with Crippen LogP contribution in [0.2, 0.25) is 0 Å². The number of carbonyl (C=O) groups excluding carboxylic acids is 1. The van der Waals surface area contributed by atoms with Crippen LogP contribution in [-0.4, -0.2) is 34.0 Å². The third-order valence-corrected chi connectivity index (χ3v) is 5.22. The highest BCUT2D eigenvalue weighted by molar-refractivity contribution is 7.89. The summed E-state index contributed by atoms with van der Waals surface area (Å²) in [5.41, 5.74) is 6.81. The molecule has 2 aromatic rings. The van der Waals surface area contributed by atoms with Gasteiger partial charge in [0, 0.05) is 18.8 Å². The normalized spacial score (nSPS) is 11.0. The summed E-state index contributed by atoms with van der Waals surface area (Å²) in [5.74, 6) is 0.591. The van der Waals surface area contributed by atoms with Crippen LogP contribution in [0.1, 0.15) is 25.3 Å². The Morgan fingerprint density at radius 3 is 2.54 bits per heavy atom. The van der Waals surface area contributed by atoms with E-state index in [1.165, 1.54) is 12.1 Å². The van der Waals surface area contributed by atoms with E-state index in [1.807, 2.05) is 18.2 Å². The second kappa shape index (κ2) is 11.0. The number of rotatable bonds is 9. The summed E-state index contributed by atoms with van der Waals surface area (Å²) in [6.45, 7) is 4.32. The Hall–Kier alpha value is -2.13. The van der Waals surface area contributed by atoms with Crippen LogP contribution in [0.25, 0.3) is 0 Å². The first-order chi connectivity index (χ1) is 12.8. The number of ether oxygens (including phenoxy) is 1. The maximum absolute atomic E-state index is 12.1. The Morgan fingerprint density at radius 1 is 1.14 bits per heavy atom. The zero-order chi connectivity index (χ0) is 19.9. The highest BCUT2D eigenvalue weighted by atomic mass is 35.5. The number of nitrogens with two attached hydrogens (primary N) is 1. The van der Waals surface area contributed by atoms with Gasteiger partial charge in [0.25, 0.3) is 5.91 Å². The van der Waals surface area contributed by atoms with Crippen molar-refractivity contribution in [3.05, 3.63) is 54.1 Å². The van der Waals surface area contributed by atoms with Crippen LogP contribution in [0, 0.1) is 0 Å². The molecule has 9 heteroatoms. The smallest absolute Gasteiger partial charge is 0.262 e. The first-order valence-electron chi connectivity index (χ1n) is 8.64. The Balaban J connectivity index is 0.00000392. The summed E-state index contributed by atoms with van der Waals surface area (Å²) in [7, 11) is -3.66. The minimum absolute atomic E-state index is 0. The average molecular weight is 428 g/mol. The molecule has 2 aromatic carbocycles. The number of anilines is 1. The molecule has 0 spiro atoms. The van der Waals surface area contributed by atoms with Crippen LogP contribution < -0.4 is 20.5 Å². The molecule has 0 unspecified atom stereocenters. The Morgan fingerprint density at radius 2 is 1.86 bits per heavy atom. The van der Waals surface area contributed by atoms with Crippen LogP contribution in [0.3, 0.4) is 0 Å². The molecule has 7 nitrogen and oxygen atoms in total. The lowest BCUT2D eigenvalue weighted by molar-refractivity contribution is -0.118. The fourth-order valence-corrected chi connectivity index (χ4v) is 3.42. The van der Waals surface area contributed by atoms with E-state index in [9.17, 15) is 13.2 Å². The van der Waals surface area contributed by atoms with Gasteiger partial charge in [-0.1, -0.05) is 32.0 Å². The van der Waals surface area contributed by atoms with Crippen molar-refractivity contribution in [1.29, 1.82) is 0 Å². The van der Waals surface area contributed by atoms with Gasteiger partial charge in [-0.05, 0) is 41.8 Å². The molecule has 0 aliphatic carbocycles. The zero-order valence-electron chi connectivity index (χ0n) is 15.8. The van der Waals surface area contributed by atoms with E-state index >= 15 is 0 Å². The van der Waals surface area contributed by atoms with Crippen molar-refractivity contribution in [2.24, 2.45) is 5.73 Å². The van der Waals surface area contributed by atoms with E-state index in [0.717, 1.165) is 5.56 Å². The van der Waals surface area contributed by atoms with Gasteiger partial charge in [-0.15, -0.1) is 12.4 Å². The van der Waals surface area contributed by atoms with Gasteiger partial charge in [0.15, 0.2) is 6.61 Å². The van der Waals surface area contributed by atoms with Crippen molar-refractivity contribution in [2.45, 2.75) is 24.7 Å². The molecule has 4 N–H and O–H groups in total. The Labute approximate surface area is 172 Å². The molecule has 0 heterocycles. The third-order valence-electron chi connectivity index (χ3n) is 3.76. The number of carbonyl (C=O) groups is 1. The van der Waals surface area contributed by atoms with E-state index in [-0.39, 0.29) is 42.9 Å². The van der Waals surface area contributed by atoms with E-state index in [0.29, 0.717) is 17.4 Å². The van der Waals surface area contributed by atoms with Crippen LogP contribution in [0.4, 0.5) is 5.69 Å². The zero-order valence-corrected chi connectivity index (χ0v) is 17.5. The molecule has 0 saturated carbocycles. The van der Waals surface area contributed by atoms with Gasteiger partial charge in [0.2, 0.25) is 10.0 Å². The molecule has 0 aromatic heterocycles. The molecular formula is C19H26ClN3O4S. The molecule has 1 amide bonds. The molecule has 0 aliphatic heterocycles. The minimum Gasteiger partial charge on any atom is -0.484 e. The lowest BCUT2D eigenvalue weighted by Gasteiger charge is -2.11. The number of hydrogen-bond donors (Lipinski definition) is 3. The Bertz CT molecular complexity index is 888. The molecular weight excluding hydrogens is 402 g/mol. The first-order valence-corrected chi connectivity index (χ1v) is 10.1. The maximum Gasteiger partial charge on any atom is 0.262 e. The standard InChI is InChI=1S/C19H25N3O4S.ClH/c1-14(2)15-5-3-7-17(11-15)26-13-19(23)22-16-6-4-8-18(12-16)27(24,25)21-10-9-20;/h3-8,11-12,14,21H,9-10,13,20H2,1-2H3,(H,22,23);1H. The highest BCUT2D eigenvalue weighted by Crippen LogP contribution is 2.20. The lowest BCUT2D eigenvalue weighted by atomic mass is 10.0. The van der Waals surface area contributed by atoms with Gasteiger partial charge in [0.05, 0.1) is 4.90 Å². The van der Waals surface area contributed by atoms with Gasteiger partial charge in [0.1, 0.15) is 5.75 Å². The molecule has 0 saturated heterocycles.